The summed E-state index contributed by atoms with van der Waals surface area (Å²) in [6.45, 7) is 0. The first-order chi connectivity index (χ1) is 8.08. The van der Waals surface area contributed by atoms with Crippen LogP contribution < -0.4 is 0 Å². The molecule has 2 aromatic rings. The average Bonchev–Trinajstić information content (AvgIpc) is 2.62. The van der Waals surface area contributed by atoms with Gasteiger partial charge in [-0.25, -0.2) is 0 Å². The maximum Gasteiger partial charge on any atom is 0.195 e. The van der Waals surface area contributed by atoms with Crippen LogP contribution in [0.15, 0.2) is 23.4 Å². The molecule has 0 radical (unpaired) electrons. The van der Waals surface area contributed by atoms with E-state index in [9.17, 15) is 0 Å². The molecule has 0 fully saturated rings. The Morgan fingerprint density at radius 2 is 2.18 bits per heavy atom. The Hall–Kier alpha value is -0.490. The quantitative estimate of drug-likeness (QED) is 0.685. The Morgan fingerprint density at radius 1 is 1.41 bits per heavy atom. The lowest BCUT2D eigenvalue weighted by atomic mass is 10.2. The minimum absolute atomic E-state index is 0.568. The summed E-state index contributed by atoms with van der Waals surface area (Å²) in [5, 5.41) is 8.85. The van der Waals surface area contributed by atoms with Gasteiger partial charge < -0.3 is 0 Å². The van der Waals surface area contributed by atoms with Gasteiger partial charge in [-0.15, -0.1) is 5.10 Å². The molecule has 0 bridgehead atoms. The number of benzene rings is 1. The first-order valence-corrected chi connectivity index (χ1v) is 6.91. The van der Waals surface area contributed by atoms with E-state index in [1.54, 1.807) is 17.8 Å². The molecule has 0 saturated carbocycles. The van der Waals surface area contributed by atoms with Crippen LogP contribution in [0.1, 0.15) is 5.56 Å². The van der Waals surface area contributed by atoms with Gasteiger partial charge in [-0.3, -0.25) is 9.67 Å². The number of H-pyrrole nitrogens is 1. The van der Waals surface area contributed by atoms with E-state index in [4.69, 9.17) is 35.4 Å². The molecule has 0 spiro atoms. The van der Waals surface area contributed by atoms with Crippen molar-refractivity contribution in [2.24, 2.45) is 7.05 Å². The van der Waals surface area contributed by atoms with Gasteiger partial charge in [-0.1, -0.05) is 41.0 Å². The fraction of sp³-hybridized carbons (Fsp3) is 0.200. The zero-order valence-electron chi connectivity index (χ0n) is 8.91. The monoisotopic (exact) mass is 305 g/mol. The second kappa shape index (κ2) is 5.44. The van der Waals surface area contributed by atoms with E-state index in [0.29, 0.717) is 14.8 Å². The molecule has 0 aliphatic rings. The van der Waals surface area contributed by atoms with Gasteiger partial charge in [-0.2, -0.15) is 0 Å². The van der Waals surface area contributed by atoms with Gasteiger partial charge >= 0.3 is 0 Å². The molecule has 3 nitrogen and oxygen atoms in total. The lowest BCUT2D eigenvalue weighted by Crippen LogP contribution is -1.91. The molecule has 0 saturated heterocycles. The highest BCUT2D eigenvalue weighted by Gasteiger charge is 2.05. The minimum Gasteiger partial charge on any atom is -0.298 e. The number of hydrogen-bond acceptors (Lipinski definition) is 3. The van der Waals surface area contributed by atoms with Crippen LogP contribution in [0.25, 0.3) is 0 Å². The van der Waals surface area contributed by atoms with Gasteiger partial charge in [0, 0.05) is 12.8 Å². The van der Waals surface area contributed by atoms with Crippen LogP contribution in [-0.4, -0.2) is 14.8 Å². The fourth-order valence-corrected chi connectivity index (χ4v) is 2.62. The molecular formula is C10H9Cl2N3S2. The van der Waals surface area contributed by atoms with Crippen LogP contribution in [0.5, 0.6) is 0 Å². The van der Waals surface area contributed by atoms with Gasteiger partial charge in [0.2, 0.25) is 0 Å². The van der Waals surface area contributed by atoms with Crippen LogP contribution in [0.4, 0.5) is 0 Å². The van der Waals surface area contributed by atoms with E-state index < -0.39 is 0 Å². The molecule has 0 unspecified atom stereocenters. The topological polar surface area (TPSA) is 33.6 Å². The Labute approximate surface area is 118 Å². The fourth-order valence-electron chi connectivity index (χ4n) is 1.24. The van der Waals surface area contributed by atoms with Crippen LogP contribution in [0, 0.1) is 4.77 Å². The van der Waals surface area contributed by atoms with Crippen molar-refractivity contribution in [3.05, 3.63) is 38.6 Å². The standard InChI is InChI=1S/C10H9Cl2N3S2/c1-15-9(16)13-14-10(15)17-5-6-2-3-7(11)8(12)4-6/h2-4H,5H2,1H3,(H,13,16). The highest BCUT2D eigenvalue weighted by atomic mass is 35.5. The van der Waals surface area contributed by atoms with E-state index in [-0.39, 0.29) is 0 Å². The molecule has 1 aromatic heterocycles. The van der Waals surface area contributed by atoms with Gasteiger partial charge in [-0.05, 0) is 29.9 Å². The van der Waals surface area contributed by atoms with Crippen molar-refractivity contribution >= 4 is 47.2 Å². The molecule has 17 heavy (non-hydrogen) atoms. The molecule has 0 amide bonds. The Morgan fingerprint density at radius 3 is 2.76 bits per heavy atom. The highest BCUT2D eigenvalue weighted by molar-refractivity contribution is 7.98. The van der Waals surface area contributed by atoms with Crippen LogP contribution in [0.3, 0.4) is 0 Å². The Bertz CT molecular complexity index is 591. The van der Waals surface area contributed by atoms with Crippen molar-refractivity contribution in [2.45, 2.75) is 10.9 Å². The summed E-state index contributed by atoms with van der Waals surface area (Å²) in [7, 11) is 1.88. The number of nitrogens with one attached hydrogen (secondary N) is 1. The molecule has 0 aliphatic heterocycles. The summed E-state index contributed by atoms with van der Waals surface area (Å²) >= 11 is 18.4. The predicted octanol–water partition coefficient (Wildman–Crippen LogP) is 4.08. The third-order valence-electron chi connectivity index (χ3n) is 2.19. The maximum atomic E-state index is 5.95. The smallest absolute Gasteiger partial charge is 0.195 e. The lowest BCUT2D eigenvalue weighted by Gasteiger charge is -2.02. The number of nitrogens with zero attached hydrogens (tertiary/aromatic N) is 2. The van der Waals surface area contributed by atoms with E-state index in [1.807, 2.05) is 23.7 Å². The average molecular weight is 306 g/mol. The van der Waals surface area contributed by atoms with Crippen molar-refractivity contribution in [1.82, 2.24) is 14.8 Å². The third-order valence-corrected chi connectivity index (χ3v) is 4.40. The molecule has 90 valence electrons. The van der Waals surface area contributed by atoms with Crippen molar-refractivity contribution in [1.29, 1.82) is 0 Å². The second-order valence-corrected chi connectivity index (χ2v) is 5.55. The first-order valence-electron chi connectivity index (χ1n) is 4.76. The van der Waals surface area contributed by atoms with Crippen LogP contribution in [0.2, 0.25) is 10.0 Å². The van der Waals surface area contributed by atoms with Gasteiger partial charge in [0.05, 0.1) is 10.0 Å². The third kappa shape index (κ3) is 3.04. The summed E-state index contributed by atoms with van der Waals surface area (Å²) < 4.78 is 2.44. The zero-order valence-corrected chi connectivity index (χ0v) is 12.1. The number of aromatic amines is 1. The molecule has 2 rings (SSSR count). The largest absolute Gasteiger partial charge is 0.298 e. The normalized spacial score (nSPS) is 10.8. The van der Waals surface area contributed by atoms with Crippen molar-refractivity contribution in [3.8, 4) is 0 Å². The number of hydrogen-bond donors (Lipinski definition) is 1. The molecule has 1 aromatic carbocycles. The van der Waals surface area contributed by atoms with Crippen LogP contribution in [-0.2, 0) is 12.8 Å². The number of thioether (sulfide) groups is 1. The van der Waals surface area contributed by atoms with E-state index in [2.05, 4.69) is 10.2 Å². The maximum absolute atomic E-state index is 5.95. The highest BCUT2D eigenvalue weighted by Crippen LogP contribution is 2.26. The minimum atomic E-state index is 0.568. The summed E-state index contributed by atoms with van der Waals surface area (Å²) in [4.78, 5) is 0. The number of aromatic nitrogens is 3. The van der Waals surface area contributed by atoms with Crippen molar-refractivity contribution in [2.75, 3.05) is 0 Å². The van der Waals surface area contributed by atoms with E-state index >= 15 is 0 Å². The Kier molecular flexibility index (Phi) is 4.14. The molecule has 1 heterocycles. The summed E-state index contributed by atoms with van der Waals surface area (Å²) in [5.41, 5.74) is 1.10. The van der Waals surface area contributed by atoms with Gasteiger partial charge in [0.25, 0.3) is 0 Å². The van der Waals surface area contributed by atoms with Gasteiger partial charge in [0.1, 0.15) is 0 Å². The first kappa shape index (κ1) is 13.0. The molecular weight excluding hydrogens is 297 g/mol. The summed E-state index contributed by atoms with van der Waals surface area (Å²) in [5.74, 6) is 0.768. The van der Waals surface area contributed by atoms with Crippen molar-refractivity contribution in [3.63, 3.8) is 0 Å². The summed E-state index contributed by atoms with van der Waals surface area (Å²) in [6.07, 6.45) is 0. The van der Waals surface area contributed by atoms with Gasteiger partial charge in [0.15, 0.2) is 9.93 Å². The second-order valence-electron chi connectivity index (χ2n) is 3.41. The molecule has 0 atom stereocenters. The SMILES string of the molecule is Cn1c(SCc2ccc(Cl)c(Cl)c2)n[nH]c1=S. The Balaban J connectivity index is 2.10. The molecule has 1 N–H and O–H groups in total. The number of rotatable bonds is 3. The molecule has 7 heteroatoms. The van der Waals surface area contributed by atoms with E-state index in [1.165, 1.54) is 0 Å². The predicted molar refractivity (Wildman–Crippen MR) is 74.4 cm³/mol. The van der Waals surface area contributed by atoms with Crippen LogP contribution >= 0.6 is 47.2 Å². The molecule has 0 aliphatic carbocycles. The van der Waals surface area contributed by atoms with E-state index in [0.717, 1.165) is 16.5 Å². The lowest BCUT2D eigenvalue weighted by molar-refractivity contribution is 0.780. The van der Waals surface area contributed by atoms with Crippen molar-refractivity contribution < 1.29 is 0 Å². The number of halogens is 2. The summed E-state index contributed by atoms with van der Waals surface area (Å²) in [6, 6.07) is 5.60. The zero-order chi connectivity index (χ0) is 12.4.